The highest BCUT2D eigenvalue weighted by atomic mass is 16.2. The van der Waals surface area contributed by atoms with Gasteiger partial charge < -0.3 is 15.1 Å². The highest BCUT2D eigenvalue weighted by molar-refractivity contribution is 5.89. The smallest absolute Gasteiger partial charge is 0.322 e. The highest BCUT2D eigenvalue weighted by Crippen LogP contribution is 2.27. The zero-order valence-electron chi connectivity index (χ0n) is 15.8. The zero-order chi connectivity index (χ0) is 18.4. The molecule has 3 amide bonds. The monoisotopic (exact) mass is 361 g/mol. The van der Waals surface area contributed by atoms with E-state index in [4.69, 9.17) is 0 Å². The van der Waals surface area contributed by atoms with E-state index in [-0.39, 0.29) is 11.9 Å². The SMILES string of the molecule is CCn1cc(NC(=O)N2CCN(C(=O)CCC3CCCCC3)CC2)cn1. The molecule has 7 heteroatoms. The fourth-order valence-corrected chi connectivity index (χ4v) is 3.92. The lowest BCUT2D eigenvalue weighted by molar-refractivity contribution is -0.132. The normalized spacial score (nSPS) is 18.8. The van der Waals surface area contributed by atoms with E-state index < -0.39 is 0 Å². The van der Waals surface area contributed by atoms with Gasteiger partial charge in [-0.15, -0.1) is 0 Å². The van der Waals surface area contributed by atoms with Gasteiger partial charge in [-0.25, -0.2) is 4.79 Å². The summed E-state index contributed by atoms with van der Waals surface area (Å²) in [5.41, 5.74) is 0.711. The average molecular weight is 361 g/mol. The van der Waals surface area contributed by atoms with Crippen molar-refractivity contribution in [3.8, 4) is 0 Å². The third kappa shape index (κ3) is 4.99. The third-order valence-electron chi connectivity index (χ3n) is 5.62. The summed E-state index contributed by atoms with van der Waals surface area (Å²) in [6, 6.07) is -0.116. The molecule has 1 aromatic heterocycles. The van der Waals surface area contributed by atoms with Crippen LogP contribution in [0, 0.1) is 5.92 Å². The standard InChI is InChI=1S/C19H31N5O2/c1-2-24-15-17(14-20-24)21-19(26)23-12-10-22(11-13-23)18(25)9-8-16-6-4-3-5-7-16/h14-16H,2-13H2,1H3,(H,21,26). The Bertz CT molecular complexity index is 601. The van der Waals surface area contributed by atoms with Crippen LogP contribution in [0.25, 0.3) is 0 Å². The first kappa shape index (κ1) is 18.7. The van der Waals surface area contributed by atoms with Crippen LogP contribution in [0.4, 0.5) is 10.5 Å². The molecule has 2 fully saturated rings. The van der Waals surface area contributed by atoms with E-state index >= 15 is 0 Å². The van der Waals surface area contributed by atoms with Gasteiger partial charge in [-0.3, -0.25) is 9.48 Å². The third-order valence-corrected chi connectivity index (χ3v) is 5.62. The van der Waals surface area contributed by atoms with Gasteiger partial charge in [0.2, 0.25) is 5.91 Å². The molecule has 1 aliphatic heterocycles. The topological polar surface area (TPSA) is 70.5 Å². The molecule has 1 aliphatic carbocycles. The fraction of sp³-hybridized carbons (Fsp3) is 0.737. The summed E-state index contributed by atoms with van der Waals surface area (Å²) in [5.74, 6) is 0.989. The lowest BCUT2D eigenvalue weighted by Crippen LogP contribution is -2.51. The van der Waals surface area contributed by atoms with Crippen LogP contribution in [0.5, 0.6) is 0 Å². The minimum absolute atomic E-state index is 0.116. The Labute approximate surface area is 155 Å². The number of aryl methyl sites for hydroxylation is 1. The number of hydrogen-bond acceptors (Lipinski definition) is 3. The van der Waals surface area contributed by atoms with Gasteiger partial charge in [0.1, 0.15) is 0 Å². The van der Waals surface area contributed by atoms with E-state index in [0.717, 1.165) is 18.9 Å². The second-order valence-electron chi connectivity index (χ2n) is 7.43. The number of amides is 3. The van der Waals surface area contributed by atoms with E-state index in [1.54, 1.807) is 15.8 Å². The van der Waals surface area contributed by atoms with Crippen molar-refractivity contribution in [3.05, 3.63) is 12.4 Å². The van der Waals surface area contributed by atoms with E-state index in [1.165, 1.54) is 32.1 Å². The molecule has 0 unspecified atom stereocenters. The van der Waals surface area contributed by atoms with E-state index in [1.807, 2.05) is 18.0 Å². The molecule has 1 saturated heterocycles. The number of carbonyl (C=O) groups is 2. The Balaban J connectivity index is 1.38. The Hall–Kier alpha value is -2.05. The molecule has 0 aromatic carbocycles. The largest absolute Gasteiger partial charge is 0.339 e. The summed E-state index contributed by atoms with van der Waals surface area (Å²) in [7, 11) is 0. The molecule has 1 saturated carbocycles. The molecule has 1 aromatic rings. The number of rotatable bonds is 5. The molecule has 2 heterocycles. The Morgan fingerprint density at radius 1 is 1.12 bits per heavy atom. The van der Waals surface area contributed by atoms with Crippen molar-refractivity contribution in [1.82, 2.24) is 19.6 Å². The van der Waals surface area contributed by atoms with Gasteiger partial charge >= 0.3 is 6.03 Å². The maximum Gasteiger partial charge on any atom is 0.322 e. The number of nitrogens with zero attached hydrogens (tertiary/aromatic N) is 4. The van der Waals surface area contributed by atoms with Crippen LogP contribution >= 0.6 is 0 Å². The van der Waals surface area contributed by atoms with E-state index in [0.29, 0.717) is 38.3 Å². The molecule has 7 nitrogen and oxygen atoms in total. The predicted octanol–water partition coefficient (Wildman–Crippen LogP) is 2.94. The number of anilines is 1. The molecule has 3 rings (SSSR count). The molecule has 1 N–H and O–H groups in total. The van der Waals surface area contributed by atoms with Gasteiger partial charge in [-0.2, -0.15) is 5.10 Å². The molecule has 0 bridgehead atoms. The first-order valence-electron chi connectivity index (χ1n) is 10.0. The summed E-state index contributed by atoms with van der Waals surface area (Å²) in [5, 5.41) is 7.04. The quantitative estimate of drug-likeness (QED) is 0.876. The molecule has 26 heavy (non-hydrogen) atoms. The van der Waals surface area contributed by atoms with Crippen molar-refractivity contribution in [2.45, 2.75) is 58.4 Å². The summed E-state index contributed by atoms with van der Waals surface area (Å²) in [6.45, 7) is 5.21. The second kappa shape index (κ2) is 9.05. The summed E-state index contributed by atoms with van der Waals surface area (Å²) >= 11 is 0. The lowest BCUT2D eigenvalue weighted by atomic mass is 9.86. The van der Waals surface area contributed by atoms with Crippen molar-refractivity contribution in [2.75, 3.05) is 31.5 Å². The van der Waals surface area contributed by atoms with Crippen molar-refractivity contribution in [2.24, 2.45) is 5.92 Å². The van der Waals surface area contributed by atoms with Gasteiger partial charge in [0, 0.05) is 45.3 Å². The first-order valence-corrected chi connectivity index (χ1v) is 10.0. The van der Waals surface area contributed by atoms with Crippen LogP contribution in [0.15, 0.2) is 12.4 Å². The van der Waals surface area contributed by atoms with Gasteiger partial charge in [-0.1, -0.05) is 32.1 Å². The molecule has 0 radical (unpaired) electrons. The molecule has 0 atom stereocenters. The van der Waals surface area contributed by atoms with Crippen LogP contribution < -0.4 is 5.32 Å². The molecular weight excluding hydrogens is 330 g/mol. The Kier molecular flexibility index (Phi) is 6.52. The van der Waals surface area contributed by atoms with Crippen LogP contribution in [-0.4, -0.2) is 57.7 Å². The number of piperazine rings is 1. The van der Waals surface area contributed by atoms with E-state index in [2.05, 4.69) is 10.4 Å². The average Bonchev–Trinajstić information content (AvgIpc) is 3.14. The molecular formula is C19H31N5O2. The van der Waals surface area contributed by atoms with Crippen molar-refractivity contribution in [3.63, 3.8) is 0 Å². The number of urea groups is 1. The van der Waals surface area contributed by atoms with Crippen molar-refractivity contribution in [1.29, 1.82) is 0 Å². The number of carbonyl (C=O) groups excluding carboxylic acids is 2. The van der Waals surface area contributed by atoms with Crippen LogP contribution in [-0.2, 0) is 11.3 Å². The van der Waals surface area contributed by atoms with Gasteiger partial charge in [0.25, 0.3) is 0 Å². The number of aromatic nitrogens is 2. The summed E-state index contributed by atoms with van der Waals surface area (Å²) < 4.78 is 1.78. The first-order chi connectivity index (χ1) is 12.7. The Morgan fingerprint density at radius 3 is 2.46 bits per heavy atom. The minimum Gasteiger partial charge on any atom is -0.339 e. The second-order valence-corrected chi connectivity index (χ2v) is 7.43. The van der Waals surface area contributed by atoms with Gasteiger partial charge in [0.05, 0.1) is 11.9 Å². The maximum atomic E-state index is 12.4. The fourth-order valence-electron chi connectivity index (χ4n) is 3.92. The van der Waals surface area contributed by atoms with E-state index in [9.17, 15) is 9.59 Å². The maximum absolute atomic E-state index is 12.4. The minimum atomic E-state index is -0.116. The van der Waals surface area contributed by atoms with Gasteiger partial charge in [0.15, 0.2) is 0 Å². The number of hydrogen-bond donors (Lipinski definition) is 1. The Morgan fingerprint density at radius 2 is 1.81 bits per heavy atom. The lowest BCUT2D eigenvalue weighted by Gasteiger charge is -2.35. The van der Waals surface area contributed by atoms with Crippen LogP contribution in [0.3, 0.4) is 0 Å². The molecule has 0 spiro atoms. The molecule has 144 valence electrons. The summed E-state index contributed by atoms with van der Waals surface area (Å²) in [4.78, 5) is 28.5. The highest BCUT2D eigenvalue weighted by Gasteiger charge is 2.25. The molecule has 2 aliphatic rings. The van der Waals surface area contributed by atoms with Crippen LogP contribution in [0.1, 0.15) is 51.9 Å². The van der Waals surface area contributed by atoms with Crippen molar-refractivity contribution >= 4 is 17.6 Å². The van der Waals surface area contributed by atoms with Gasteiger partial charge in [-0.05, 0) is 19.3 Å². The predicted molar refractivity (Wildman–Crippen MR) is 101 cm³/mol. The van der Waals surface area contributed by atoms with Crippen molar-refractivity contribution < 1.29 is 9.59 Å². The van der Waals surface area contributed by atoms with Crippen LogP contribution in [0.2, 0.25) is 0 Å². The zero-order valence-corrected chi connectivity index (χ0v) is 15.8. The number of nitrogens with one attached hydrogen (secondary N) is 1. The summed E-state index contributed by atoms with van der Waals surface area (Å²) in [6.07, 6.45) is 11.7.